The highest BCUT2D eigenvalue weighted by molar-refractivity contribution is 5.89. The first kappa shape index (κ1) is 20.8. The zero-order valence-electron chi connectivity index (χ0n) is 18.4. The number of aryl methyl sites for hydroxylation is 1. The Balaban J connectivity index is 1.33. The lowest BCUT2D eigenvalue weighted by molar-refractivity contribution is -0.0499. The van der Waals surface area contributed by atoms with Gasteiger partial charge in [0.25, 0.3) is 5.92 Å². The van der Waals surface area contributed by atoms with Crippen molar-refractivity contribution in [2.24, 2.45) is 0 Å². The molecule has 1 fully saturated rings. The van der Waals surface area contributed by atoms with E-state index in [0.29, 0.717) is 13.0 Å². The minimum atomic E-state index is -2.74. The van der Waals surface area contributed by atoms with Crippen LogP contribution >= 0.6 is 0 Å². The number of likely N-dealkylation sites (tertiary alicyclic amines) is 1. The second kappa shape index (κ2) is 7.61. The number of alkyl halides is 2. The van der Waals surface area contributed by atoms with Crippen molar-refractivity contribution in [3.05, 3.63) is 59.3 Å². The van der Waals surface area contributed by atoms with Crippen molar-refractivity contribution in [1.82, 2.24) is 34.7 Å². The van der Waals surface area contributed by atoms with Gasteiger partial charge in [0.05, 0.1) is 23.2 Å². The lowest BCUT2D eigenvalue weighted by Gasteiger charge is -2.32. The number of pyridine rings is 1. The molecule has 0 spiro atoms. The first-order chi connectivity index (χ1) is 16.4. The highest BCUT2D eigenvalue weighted by Crippen LogP contribution is 2.36. The zero-order valence-corrected chi connectivity index (χ0v) is 18.4. The van der Waals surface area contributed by atoms with Gasteiger partial charge in [0.15, 0.2) is 0 Å². The van der Waals surface area contributed by atoms with Crippen LogP contribution in [0.5, 0.6) is 0 Å². The van der Waals surface area contributed by atoms with Gasteiger partial charge in [-0.2, -0.15) is 5.10 Å². The van der Waals surface area contributed by atoms with E-state index in [2.05, 4.69) is 20.2 Å². The summed E-state index contributed by atoms with van der Waals surface area (Å²) in [6.45, 7) is 2.46. The Bertz CT molecular complexity index is 1370. The molecule has 0 radical (unpaired) electrons. The zero-order chi connectivity index (χ0) is 23.4. The number of piperidine rings is 1. The molecule has 6 heterocycles. The van der Waals surface area contributed by atoms with Gasteiger partial charge >= 0.3 is 17.8 Å². The number of halogens is 2. The number of fused-ring (bicyclic) bond motifs is 2. The quantitative estimate of drug-likeness (QED) is 0.493. The molecule has 0 aromatic carbocycles. The molecule has 4 aromatic rings. The number of carbonyl (C=O) groups is 1. The van der Waals surface area contributed by atoms with Crippen LogP contribution < -0.4 is 4.90 Å². The van der Waals surface area contributed by atoms with Crippen molar-refractivity contribution in [1.29, 1.82) is 0 Å². The molecule has 1 N–H and O–H groups in total. The fourth-order valence-corrected chi connectivity index (χ4v) is 4.68. The van der Waals surface area contributed by atoms with Gasteiger partial charge in [-0.15, -0.1) is 5.10 Å². The predicted octanol–water partition coefficient (Wildman–Crippen LogP) is 2.77. The Morgan fingerprint density at radius 1 is 1.24 bits per heavy atom. The van der Waals surface area contributed by atoms with E-state index in [9.17, 15) is 13.6 Å². The summed E-state index contributed by atoms with van der Waals surface area (Å²) < 4.78 is 34.6. The number of nitrogens with zero attached hydrogens (tertiary/aromatic N) is 7. The summed E-state index contributed by atoms with van der Waals surface area (Å²) in [5.41, 5.74) is 4.62. The number of nitrogens with one attached hydrogen (secondary N) is 1. The SMILES string of the molecule is Cc1cccn2nc([C@H]3c4nc[nH]c4CCN3c3nnc(C(=O)N4CCC(F)(F)CC4)o3)cc12. The van der Waals surface area contributed by atoms with Crippen LogP contribution in [0.1, 0.15) is 52.2 Å². The first-order valence-corrected chi connectivity index (χ1v) is 11.1. The van der Waals surface area contributed by atoms with Crippen LogP contribution in [0.4, 0.5) is 14.8 Å². The van der Waals surface area contributed by atoms with Crippen molar-refractivity contribution in [3.8, 4) is 0 Å². The molecule has 0 bridgehead atoms. The summed E-state index contributed by atoms with van der Waals surface area (Å²) in [5, 5.41) is 12.8. The van der Waals surface area contributed by atoms with E-state index in [1.807, 2.05) is 40.7 Å². The van der Waals surface area contributed by atoms with Gasteiger partial charge in [0.1, 0.15) is 6.04 Å². The van der Waals surface area contributed by atoms with Crippen LogP contribution in [0, 0.1) is 6.92 Å². The van der Waals surface area contributed by atoms with Crippen LogP contribution in [-0.2, 0) is 6.42 Å². The molecule has 1 atom stereocenters. The molecule has 2 aliphatic heterocycles. The summed E-state index contributed by atoms with van der Waals surface area (Å²) in [4.78, 5) is 23.7. The lowest BCUT2D eigenvalue weighted by atomic mass is 10.00. The third kappa shape index (κ3) is 3.40. The maximum atomic E-state index is 13.5. The smallest absolute Gasteiger partial charge is 0.319 e. The fraction of sp³-hybridized carbons (Fsp3) is 0.409. The van der Waals surface area contributed by atoms with E-state index in [-0.39, 0.29) is 37.8 Å². The molecular weight excluding hydrogens is 446 g/mol. The van der Waals surface area contributed by atoms with Crippen molar-refractivity contribution in [2.75, 3.05) is 24.5 Å². The highest BCUT2D eigenvalue weighted by Gasteiger charge is 2.39. The van der Waals surface area contributed by atoms with Crippen molar-refractivity contribution >= 4 is 17.4 Å². The molecular formula is C22H22F2N8O2. The summed E-state index contributed by atoms with van der Waals surface area (Å²) in [7, 11) is 0. The second-order valence-corrected chi connectivity index (χ2v) is 8.74. The first-order valence-electron chi connectivity index (χ1n) is 11.1. The van der Waals surface area contributed by atoms with Gasteiger partial charge in [0, 0.05) is 50.8 Å². The second-order valence-electron chi connectivity index (χ2n) is 8.74. The molecule has 0 aliphatic carbocycles. The number of H-pyrrole nitrogens is 1. The van der Waals surface area contributed by atoms with E-state index >= 15 is 0 Å². The third-order valence-corrected chi connectivity index (χ3v) is 6.56. The fourth-order valence-electron chi connectivity index (χ4n) is 4.68. The minimum absolute atomic E-state index is 0.0485. The summed E-state index contributed by atoms with van der Waals surface area (Å²) in [5.74, 6) is -3.49. The normalized spacial score (nSPS) is 20.0. The third-order valence-electron chi connectivity index (χ3n) is 6.56. The standard InChI is InChI=1S/C22H22F2N8O2/c1-13-3-2-7-32-16(13)11-15(29-32)18-17-14(25-12-26-17)4-8-31(18)21-28-27-19(34-21)20(33)30-9-5-22(23,24)6-10-30/h2-3,7,11-12,18H,4-6,8-10H2,1H3,(H,25,26)/t18-/m0/s1. The average molecular weight is 468 g/mol. The molecule has 10 nitrogen and oxygen atoms in total. The van der Waals surface area contributed by atoms with E-state index < -0.39 is 17.9 Å². The number of hydrogen-bond donors (Lipinski definition) is 1. The van der Waals surface area contributed by atoms with Crippen molar-refractivity contribution in [3.63, 3.8) is 0 Å². The number of hydrogen-bond acceptors (Lipinski definition) is 7. The number of anilines is 1. The number of carbonyl (C=O) groups excluding carboxylic acids is 1. The summed E-state index contributed by atoms with van der Waals surface area (Å²) >= 11 is 0. The van der Waals surface area contributed by atoms with E-state index in [4.69, 9.17) is 9.52 Å². The maximum absolute atomic E-state index is 13.5. The van der Waals surface area contributed by atoms with Gasteiger partial charge in [-0.05, 0) is 24.6 Å². The average Bonchev–Trinajstić information content (AvgIpc) is 3.57. The highest BCUT2D eigenvalue weighted by atomic mass is 19.3. The van der Waals surface area contributed by atoms with Crippen LogP contribution in [-0.4, -0.2) is 66.1 Å². The predicted molar refractivity (Wildman–Crippen MR) is 116 cm³/mol. The number of rotatable bonds is 3. The largest absolute Gasteiger partial charge is 0.399 e. The molecule has 12 heteroatoms. The Hall–Kier alpha value is -3.83. The molecule has 176 valence electrons. The van der Waals surface area contributed by atoms with Crippen LogP contribution in [0.2, 0.25) is 0 Å². The van der Waals surface area contributed by atoms with E-state index in [0.717, 1.165) is 28.2 Å². The summed E-state index contributed by atoms with van der Waals surface area (Å²) in [6, 6.07) is 5.73. The molecule has 4 aromatic heterocycles. The number of aromatic amines is 1. The molecule has 0 saturated carbocycles. The Labute approximate surface area is 192 Å². The van der Waals surface area contributed by atoms with E-state index in [1.54, 1.807) is 6.33 Å². The molecule has 6 rings (SSSR count). The molecule has 34 heavy (non-hydrogen) atoms. The Morgan fingerprint density at radius 2 is 2.06 bits per heavy atom. The van der Waals surface area contributed by atoms with Gasteiger partial charge in [-0.3, -0.25) is 4.79 Å². The minimum Gasteiger partial charge on any atom is -0.399 e. The number of amides is 1. The molecule has 1 saturated heterocycles. The topological polar surface area (TPSA) is 108 Å². The van der Waals surface area contributed by atoms with Crippen molar-refractivity contribution < 1.29 is 18.0 Å². The maximum Gasteiger partial charge on any atom is 0.319 e. The van der Waals surface area contributed by atoms with Crippen LogP contribution in [0.25, 0.3) is 5.52 Å². The van der Waals surface area contributed by atoms with Gasteiger partial charge in [0.2, 0.25) is 0 Å². The number of aromatic nitrogens is 6. The summed E-state index contributed by atoms with van der Waals surface area (Å²) in [6.07, 6.45) is 3.46. The Kier molecular flexibility index (Phi) is 4.64. The van der Waals surface area contributed by atoms with Gasteiger partial charge in [-0.25, -0.2) is 18.3 Å². The molecule has 2 aliphatic rings. The number of imidazole rings is 1. The van der Waals surface area contributed by atoms with E-state index in [1.165, 1.54) is 4.90 Å². The van der Waals surface area contributed by atoms with Gasteiger partial charge in [-0.1, -0.05) is 11.2 Å². The lowest BCUT2D eigenvalue weighted by Crippen LogP contribution is -2.42. The Morgan fingerprint density at radius 3 is 2.85 bits per heavy atom. The molecule has 1 amide bonds. The van der Waals surface area contributed by atoms with Crippen LogP contribution in [0.3, 0.4) is 0 Å². The molecule has 0 unspecified atom stereocenters. The van der Waals surface area contributed by atoms with Gasteiger partial charge < -0.3 is 19.2 Å². The monoisotopic (exact) mass is 468 g/mol. The van der Waals surface area contributed by atoms with Crippen molar-refractivity contribution in [2.45, 2.75) is 38.2 Å². The van der Waals surface area contributed by atoms with Crippen LogP contribution in [0.15, 0.2) is 35.1 Å².